The summed E-state index contributed by atoms with van der Waals surface area (Å²) in [5.41, 5.74) is 0.361. The number of rotatable bonds is 2. The first-order chi connectivity index (χ1) is 6.46. The van der Waals surface area contributed by atoms with E-state index >= 15 is 0 Å². The van der Waals surface area contributed by atoms with Gasteiger partial charge in [0.15, 0.2) is 0 Å². The maximum Gasteiger partial charge on any atom is 0.137 e. The van der Waals surface area contributed by atoms with Crippen molar-refractivity contribution in [2.24, 2.45) is 0 Å². The molecular formula is C10H12ClN3. The van der Waals surface area contributed by atoms with Gasteiger partial charge in [-0.05, 0) is 20.8 Å². The molecule has 0 fully saturated rings. The van der Waals surface area contributed by atoms with Gasteiger partial charge in [-0.3, -0.25) is 0 Å². The van der Waals surface area contributed by atoms with Crippen LogP contribution in [0.3, 0.4) is 0 Å². The zero-order valence-electron chi connectivity index (χ0n) is 8.43. The number of hydrogen-bond donors (Lipinski definition) is 1. The first-order valence-electron chi connectivity index (χ1n) is 4.19. The molecule has 1 heterocycles. The van der Waals surface area contributed by atoms with Gasteiger partial charge >= 0.3 is 0 Å². The Morgan fingerprint density at radius 1 is 1.50 bits per heavy atom. The monoisotopic (exact) mass is 209 g/mol. The van der Waals surface area contributed by atoms with Gasteiger partial charge in [0.25, 0.3) is 0 Å². The maximum atomic E-state index is 5.84. The number of anilines is 1. The molecule has 3 nitrogen and oxygen atoms in total. The SMILES string of the molecule is C#CC(C)(C)Nc1ncnc(Cl)c1C. The lowest BCUT2D eigenvalue weighted by molar-refractivity contribution is 0.733. The minimum atomic E-state index is -0.442. The van der Waals surface area contributed by atoms with Crippen LogP contribution < -0.4 is 5.32 Å². The highest BCUT2D eigenvalue weighted by Crippen LogP contribution is 2.20. The first-order valence-corrected chi connectivity index (χ1v) is 4.57. The van der Waals surface area contributed by atoms with Crippen LogP contribution in [0.25, 0.3) is 0 Å². The zero-order valence-corrected chi connectivity index (χ0v) is 9.18. The number of aromatic nitrogens is 2. The summed E-state index contributed by atoms with van der Waals surface area (Å²) in [5, 5.41) is 3.55. The van der Waals surface area contributed by atoms with Gasteiger partial charge in [0.2, 0.25) is 0 Å². The lowest BCUT2D eigenvalue weighted by Crippen LogP contribution is -2.29. The van der Waals surface area contributed by atoms with E-state index in [-0.39, 0.29) is 0 Å². The molecule has 0 spiro atoms. The smallest absolute Gasteiger partial charge is 0.137 e. The molecule has 1 rings (SSSR count). The molecule has 0 saturated heterocycles. The molecular weight excluding hydrogens is 198 g/mol. The quantitative estimate of drug-likeness (QED) is 0.600. The summed E-state index contributed by atoms with van der Waals surface area (Å²) in [6.45, 7) is 5.63. The van der Waals surface area contributed by atoms with Gasteiger partial charge in [0.05, 0.1) is 5.54 Å². The van der Waals surface area contributed by atoms with Crippen molar-refractivity contribution in [3.63, 3.8) is 0 Å². The first kappa shape index (κ1) is 10.8. The summed E-state index contributed by atoms with van der Waals surface area (Å²) < 4.78 is 0. The van der Waals surface area contributed by atoms with Crippen molar-refractivity contribution in [2.75, 3.05) is 5.32 Å². The fourth-order valence-electron chi connectivity index (χ4n) is 0.887. The van der Waals surface area contributed by atoms with Crippen molar-refractivity contribution >= 4 is 17.4 Å². The second-order valence-electron chi connectivity index (χ2n) is 3.53. The van der Waals surface area contributed by atoms with E-state index in [1.165, 1.54) is 6.33 Å². The Balaban J connectivity index is 3.00. The average Bonchev–Trinajstić information content (AvgIpc) is 2.13. The molecule has 0 aliphatic heterocycles. The minimum absolute atomic E-state index is 0.440. The van der Waals surface area contributed by atoms with Crippen LogP contribution in [0.2, 0.25) is 5.15 Å². The molecule has 14 heavy (non-hydrogen) atoms. The number of nitrogens with zero attached hydrogens (tertiary/aromatic N) is 2. The van der Waals surface area contributed by atoms with Crippen LogP contribution in [-0.4, -0.2) is 15.5 Å². The van der Waals surface area contributed by atoms with Gasteiger partial charge < -0.3 is 5.32 Å². The molecule has 0 radical (unpaired) electrons. The summed E-state index contributed by atoms with van der Waals surface area (Å²) >= 11 is 5.84. The Bertz CT molecular complexity index is 379. The summed E-state index contributed by atoms with van der Waals surface area (Å²) in [6.07, 6.45) is 6.76. The molecule has 0 aliphatic rings. The summed E-state index contributed by atoms with van der Waals surface area (Å²) in [6, 6.07) is 0. The number of nitrogens with one attached hydrogen (secondary N) is 1. The second-order valence-corrected chi connectivity index (χ2v) is 3.89. The Morgan fingerprint density at radius 3 is 2.71 bits per heavy atom. The van der Waals surface area contributed by atoms with Crippen molar-refractivity contribution in [3.05, 3.63) is 17.0 Å². The molecule has 0 aromatic carbocycles. The van der Waals surface area contributed by atoms with Crippen molar-refractivity contribution in [3.8, 4) is 12.3 Å². The third kappa shape index (κ3) is 2.36. The van der Waals surface area contributed by atoms with Crippen LogP contribution in [0.15, 0.2) is 6.33 Å². The molecule has 74 valence electrons. The number of terminal acetylenes is 1. The molecule has 0 atom stereocenters. The summed E-state index contributed by atoms with van der Waals surface area (Å²) in [5.74, 6) is 3.30. The Kier molecular flexibility index (Phi) is 2.97. The molecule has 1 aromatic rings. The fourth-order valence-corrected chi connectivity index (χ4v) is 1.02. The van der Waals surface area contributed by atoms with E-state index < -0.39 is 5.54 Å². The van der Waals surface area contributed by atoms with E-state index in [0.29, 0.717) is 11.0 Å². The second kappa shape index (κ2) is 3.85. The molecule has 1 N–H and O–H groups in total. The zero-order chi connectivity index (χ0) is 10.8. The predicted molar refractivity (Wildman–Crippen MR) is 58.3 cm³/mol. The Hall–Kier alpha value is -1.27. The van der Waals surface area contributed by atoms with Gasteiger partial charge in [0, 0.05) is 5.56 Å². The van der Waals surface area contributed by atoms with Crippen LogP contribution in [-0.2, 0) is 0 Å². The van der Waals surface area contributed by atoms with E-state index in [2.05, 4.69) is 21.2 Å². The van der Waals surface area contributed by atoms with E-state index in [0.717, 1.165) is 5.56 Å². The van der Waals surface area contributed by atoms with E-state index in [4.69, 9.17) is 18.0 Å². The number of halogens is 1. The van der Waals surface area contributed by atoms with Crippen LogP contribution in [0.4, 0.5) is 5.82 Å². The molecule has 0 aliphatic carbocycles. The van der Waals surface area contributed by atoms with Crippen molar-refractivity contribution in [1.82, 2.24) is 9.97 Å². The largest absolute Gasteiger partial charge is 0.354 e. The highest BCUT2D eigenvalue weighted by atomic mass is 35.5. The third-order valence-corrected chi connectivity index (χ3v) is 2.20. The van der Waals surface area contributed by atoms with Crippen LogP contribution in [0.1, 0.15) is 19.4 Å². The molecule has 0 bridgehead atoms. The third-order valence-electron chi connectivity index (χ3n) is 1.81. The molecule has 4 heteroatoms. The van der Waals surface area contributed by atoms with Crippen LogP contribution in [0.5, 0.6) is 0 Å². The average molecular weight is 210 g/mol. The topological polar surface area (TPSA) is 37.8 Å². The normalized spacial score (nSPS) is 10.8. The van der Waals surface area contributed by atoms with E-state index in [1.807, 2.05) is 20.8 Å². The van der Waals surface area contributed by atoms with Crippen LogP contribution in [0, 0.1) is 19.3 Å². The Labute approximate surface area is 88.9 Å². The summed E-state index contributed by atoms with van der Waals surface area (Å²) in [4.78, 5) is 7.93. The van der Waals surface area contributed by atoms with Gasteiger partial charge in [-0.25, -0.2) is 9.97 Å². The highest BCUT2D eigenvalue weighted by Gasteiger charge is 2.16. The van der Waals surface area contributed by atoms with Crippen molar-refractivity contribution in [2.45, 2.75) is 26.3 Å². The van der Waals surface area contributed by atoms with Crippen LogP contribution >= 0.6 is 11.6 Å². The maximum absolute atomic E-state index is 5.84. The predicted octanol–water partition coefficient (Wildman–Crippen LogP) is 2.26. The van der Waals surface area contributed by atoms with Gasteiger partial charge in [0.1, 0.15) is 17.3 Å². The van der Waals surface area contributed by atoms with Gasteiger partial charge in [-0.2, -0.15) is 0 Å². The fraction of sp³-hybridized carbons (Fsp3) is 0.400. The van der Waals surface area contributed by atoms with Gasteiger partial charge in [-0.15, -0.1) is 6.42 Å². The lowest BCUT2D eigenvalue weighted by Gasteiger charge is -2.21. The molecule has 0 amide bonds. The van der Waals surface area contributed by atoms with Gasteiger partial charge in [-0.1, -0.05) is 17.5 Å². The van der Waals surface area contributed by atoms with Crippen molar-refractivity contribution < 1.29 is 0 Å². The van der Waals surface area contributed by atoms with E-state index in [1.54, 1.807) is 0 Å². The van der Waals surface area contributed by atoms with E-state index in [9.17, 15) is 0 Å². The minimum Gasteiger partial charge on any atom is -0.354 e. The Morgan fingerprint density at radius 2 is 2.14 bits per heavy atom. The van der Waals surface area contributed by atoms with Crippen molar-refractivity contribution in [1.29, 1.82) is 0 Å². The molecule has 0 unspecified atom stereocenters. The molecule has 1 aromatic heterocycles. The standard InChI is InChI=1S/C10H12ClN3/c1-5-10(3,4)14-9-7(2)8(11)12-6-13-9/h1,6H,2-4H3,(H,12,13,14). The lowest BCUT2D eigenvalue weighted by atomic mass is 10.1. The number of hydrogen-bond acceptors (Lipinski definition) is 3. The highest BCUT2D eigenvalue weighted by molar-refractivity contribution is 6.30. The molecule has 0 saturated carbocycles. The summed E-state index contributed by atoms with van der Waals surface area (Å²) in [7, 11) is 0.